The van der Waals surface area contributed by atoms with E-state index in [0.717, 1.165) is 22.6 Å². The predicted molar refractivity (Wildman–Crippen MR) is 118 cm³/mol. The van der Waals surface area contributed by atoms with Crippen molar-refractivity contribution in [2.24, 2.45) is 5.10 Å². The number of Topliss-reactive ketones (excluding diaryl/α,β-unsaturated/α-hetero) is 1. The molecule has 0 bridgehead atoms. The molecule has 0 aliphatic carbocycles. The predicted octanol–water partition coefficient (Wildman–Crippen LogP) is 6.66. The Morgan fingerprint density at radius 2 is 1.81 bits per heavy atom. The van der Waals surface area contributed by atoms with E-state index in [4.69, 9.17) is 11.6 Å². The monoisotopic (exact) mass is 463 g/mol. The molecule has 160 valence electrons. The van der Waals surface area contributed by atoms with Crippen molar-refractivity contribution in [3.8, 4) is 0 Å². The van der Waals surface area contributed by atoms with E-state index >= 15 is 0 Å². The second kappa shape index (κ2) is 8.01. The van der Waals surface area contributed by atoms with Crippen LogP contribution >= 0.6 is 22.9 Å². The molecule has 0 saturated carbocycles. The summed E-state index contributed by atoms with van der Waals surface area (Å²) in [6.45, 7) is 3.27. The van der Waals surface area contributed by atoms with Gasteiger partial charge in [0.05, 0.1) is 16.1 Å². The molecular weight excluding hydrogens is 447 g/mol. The highest BCUT2D eigenvalue weighted by molar-refractivity contribution is 7.10. The van der Waals surface area contributed by atoms with Crippen molar-refractivity contribution in [3.05, 3.63) is 81.0 Å². The molecule has 1 aromatic heterocycles. The number of carbonyl (C=O) groups excluding carboxylic acids is 1. The molecule has 4 rings (SSSR count). The van der Waals surface area contributed by atoms with Crippen LogP contribution in [0.4, 0.5) is 24.5 Å². The Kier molecular flexibility index (Phi) is 5.53. The lowest BCUT2D eigenvalue weighted by molar-refractivity contribution is -0.137. The first-order valence-electron chi connectivity index (χ1n) is 9.31. The lowest BCUT2D eigenvalue weighted by atomic mass is 10.1. The Hall–Kier alpha value is -2.84. The van der Waals surface area contributed by atoms with E-state index in [1.807, 2.05) is 18.4 Å². The molecule has 0 amide bonds. The molecule has 3 aromatic rings. The minimum absolute atomic E-state index is 0.0621. The summed E-state index contributed by atoms with van der Waals surface area (Å²) in [5, 5.41) is 8.61. The van der Waals surface area contributed by atoms with Crippen molar-refractivity contribution >= 4 is 45.9 Å². The number of carbonyl (C=O) groups is 1. The Labute approximate surface area is 186 Å². The first-order valence-corrected chi connectivity index (χ1v) is 10.6. The minimum atomic E-state index is -4.51. The van der Waals surface area contributed by atoms with Gasteiger partial charge in [-0.25, -0.2) is 5.01 Å². The number of ketones is 1. The zero-order valence-electron chi connectivity index (χ0n) is 16.5. The smallest absolute Gasteiger partial charge is 0.294 e. The van der Waals surface area contributed by atoms with Crippen molar-refractivity contribution in [3.63, 3.8) is 0 Å². The molecule has 9 heteroatoms. The Morgan fingerprint density at radius 3 is 2.39 bits per heavy atom. The van der Waals surface area contributed by atoms with Gasteiger partial charge in [-0.1, -0.05) is 17.7 Å². The summed E-state index contributed by atoms with van der Waals surface area (Å²) in [5.74, 6) is -0.292. The molecule has 1 aliphatic rings. The number of hydrogen-bond donors (Lipinski definition) is 0. The topological polar surface area (TPSA) is 35.9 Å². The van der Waals surface area contributed by atoms with Gasteiger partial charge >= 0.3 is 6.18 Å². The fourth-order valence-corrected chi connectivity index (χ4v) is 4.56. The van der Waals surface area contributed by atoms with Crippen LogP contribution in [0, 0.1) is 6.92 Å². The number of hydrazone groups is 1. The summed E-state index contributed by atoms with van der Waals surface area (Å²) in [5.41, 5.74) is 1.05. The molecule has 0 fully saturated rings. The lowest BCUT2D eigenvalue weighted by Gasteiger charge is -2.32. The largest absolute Gasteiger partial charge is 0.416 e. The summed E-state index contributed by atoms with van der Waals surface area (Å²) in [7, 11) is 0. The van der Waals surface area contributed by atoms with Gasteiger partial charge < -0.3 is 0 Å². The Bertz CT molecular complexity index is 1160. The van der Waals surface area contributed by atoms with Crippen molar-refractivity contribution in [1.82, 2.24) is 0 Å². The number of nitrogens with zero attached hydrogens (tertiary/aromatic N) is 3. The van der Waals surface area contributed by atoms with E-state index in [-0.39, 0.29) is 17.3 Å². The van der Waals surface area contributed by atoms with Gasteiger partial charge in [0.2, 0.25) is 0 Å². The summed E-state index contributed by atoms with van der Waals surface area (Å²) >= 11 is 7.47. The van der Waals surface area contributed by atoms with Gasteiger partial charge in [0, 0.05) is 17.6 Å². The van der Waals surface area contributed by atoms with E-state index in [1.165, 1.54) is 24.3 Å². The molecule has 4 nitrogen and oxygen atoms in total. The summed E-state index contributed by atoms with van der Waals surface area (Å²) in [6.07, 6.45) is -5.13. The molecule has 31 heavy (non-hydrogen) atoms. The number of halogens is 4. The number of thiophene rings is 1. The van der Waals surface area contributed by atoms with Crippen LogP contribution in [0.25, 0.3) is 0 Å². The van der Waals surface area contributed by atoms with Gasteiger partial charge in [-0.05, 0) is 66.4 Å². The van der Waals surface area contributed by atoms with Crippen LogP contribution in [0.1, 0.15) is 29.1 Å². The number of benzene rings is 2. The third-order valence-electron chi connectivity index (χ3n) is 4.90. The fourth-order valence-electron chi connectivity index (χ4n) is 3.44. The Balaban J connectivity index is 1.91. The third-order valence-corrected chi connectivity index (χ3v) is 6.21. The number of rotatable bonds is 4. The second-order valence-electron chi connectivity index (χ2n) is 7.06. The van der Waals surface area contributed by atoms with Crippen LogP contribution < -0.4 is 9.91 Å². The molecule has 2 aromatic carbocycles. The number of hydrogen-bond acceptors (Lipinski definition) is 5. The first kappa shape index (κ1) is 21.4. The third kappa shape index (κ3) is 4.05. The highest BCUT2D eigenvalue weighted by atomic mass is 35.5. The van der Waals surface area contributed by atoms with Gasteiger partial charge in [0.25, 0.3) is 0 Å². The van der Waals surface area contributed by atoms with Crippen LogP contribution in [-0.4, -0.2) is 11.6 Å². The number of alkyl halides is 3. The second-order valence-corrected chi connectivity index (χ2v) is 8.44. The summed E-state index contributed by atoms with van der Waals surface area (Å²) in [6, 6.07) is 13.8. The summed E-state index contributed by atoms with van der Waals surface area (Å²) < 4.78 is 40.2. The van der Waals surface area contributed by atoms with E-state index in [0.29, 0.717) is 10.7 Å². The summed E-state index contributed by atoms with van der Waals surface area (Å²) in [4.78, 5) is 14.9. The maximum absolute atomic E-state index is 13.4. The average Bonchev–Trinajstić information content (AvgIpc) is 3.31. The van der Waals surface area contributed by atoms with E-state index < -0.39 is 17.9 Å². The van der Waals surface area contributed by atoms with Crippen molar-refractivity contribution < 1.29 is 18.0 Å². The normalized spacial score (nSPS) is 16.6. The maximum Gasteiger partial charge on any atom is 0.416 e. The van der Waals surface area contributed by atoms with Gasteiger partial charge in [0.15, 0.2) is 17.8 Å². The van der Waals surface area contributed by atoms with E-state index in [2.05, 4.69) is 5.10 Å². The van der Waals surface area contributed by atoms with Gasteiger partial charge in [-0.2, -0.15) is 13.2 Å². The standard InChI is InChI=1S/C22H17ClF3N3OS/c1-13-10-11-31-19(13)21-28(18-5-3-4-15(12-18)22(24,25)26)20(14(2)30)27-29(21)17-8-6-16(23)7-9-17/h3-12,21H,1-2H3/t21-/m0/s1. The lowest BCUT2D eigenvalue weighted by Crippen LogP contribution is -2.37. The van der Waals surface area contributed by atoms with Crippen molar-refractivity contribution in [1.29, 1.82) is 0 Å². The van der Waals surface area contributed by atoms with Gasteiger partial charge in [-0.3, -0.25) is 9.69 Å². The van der Waals surface area contributed by atoms with E-state index in [1.54, 1.807) is 40.2 Å². The van der Waals surface area contributed by atoms with Crippen molar-refractivity contribution in [2.75, 3.05) is 9.91 Å². The molecule has 0 saturated heterocycles. The van der Waals surface area contributed by atoms with E-state index in [9.17, 15) is 18.0 Å². The fraction of sp³-hybridized carbons (Fsp3) is 0.182. The van der Waals surface area contributed by atoms with Crippen LogP contribution in [0.3, 0.4) is 0 Å². The number of amidine groups is 1. The highest BCUT2D eigenvalue weighted by Crippen LogP contribution is 2.43. The number of aryl methyl sites for hydroxylation is 1. The maximum atomic E-state index is 13.4. The average molecular weight is 464 g/mol. The zero-order valence-corrected chi connectivity index (χ0v) is 18.1. The highest BCUT2D eigenvalue weighted by Gasteiger charge is 2.41. The van der Waals surface area contributed by atoms with Crippen LogP contribution in [0.5, 0.6) is 0 Å². The molecule has 0 spiro atoms. The minimum Gasteiger partial charge on any atom is -0.294 e. The zero-order chi connectivity index (χ0) is 22.3. The molecule has 0 radical (unpaired) electrons. The SMILES string of the molecule is CC(=O)C1=NN(c2ccc(Cl)cc2)[C@@H](c2sccc2C)N1c1cccc(C(F)(F)F)c1. The molecule has 1 aliphatic heterocycles. The van der Waals surface area contributed by atoms with Gasteiger partial charge in [-0.15, -0.1) is 16.4 Å². The van der Waals surface area contributed by atoms with Gasteiger partial charge in [0.1, 0.15) is 0 Å². The first-order chi connectivity index (χ1) is 14.7. The molecule has 0 unspecified atom stereocenters. The van der Waals surface area contributed by atoms with Crippen LogP contribution in [0.15, 0.2) is 65.1 Å². The molecule has 2 heterocycles. The van der Waals surface area contributed by atoms with Crippen LogP contribution in [-0.2, 0) is 11.0 Å². The van der Waals surface area contributed by atoms with Crippen molar-refractivity contribution in [2.45, 2.75) is 26.2 Å². The van der Waals surface area contributed by atoms with Crippen LogP contribution in [0.2, 0.25) is 5.02 Å². The molecular formula is C22H17ClF3N3OS. The number of anilines is 2. The Morgan fingerprint density at radius 1 is 1.10 bits per heavy atom. The molecule has 1 atom stereocenters. The molecule has 0 N–H and O–H groups in total. The quantitative estimate of drug-likeness (QED) is 0.434.